The number of hydrogen-bond acceptors (Lipinski definition) is 2. The Morgan fingerprint density at radius 3 is 3.00 bits per heavy atom. The molecule has 0 radical (unpaired) electrons. The second kappa shape index (κ2) is 3.38. The average molecular weight is 204 g/mol. The first-order chi connectivity index (χ1) is 7.30. The SMILES string of the molecule is CN1CCC2(CC1)CNC1=CC=CCC12. The molecule has 2 nitrogen and oxygen atoms in total. The fourth-order valence-corrected chi connectivity index (χ4v) is 3.38. The van der Waals surface area contributed by atoms with Gasteiger partial charge in [-0.15, -0.1) is 0 Å². The van der Waals surface area contributed by atoms with E-state index in [0.29, 0.717) is 5.41 Å². The summed E-state index contributed by atoms with van der Waals surface area (Å²) in [6.07, 6.45) is 10.8. The molecule has 1 N–H and O–H groups in total. The predicted octanol–water partition coefficient (Wildman–Crippen LogP) is 1.76. The summed E-state index contributed by atoms with van der Waals surface area (Å²) in [5, 5.41) is 3.63. The maximum absolute atomic E-state index is 3.63. The lowest BCUT2D eigenvalue weighted by Crippen LogP contribution is -2.42. The van der Waals surface area contributed by atoms with Gasteiger partial charge in [0, 0.05) is 18.2 Å². The minimum Gasteiger partial charge on any atom is -0.388 e. The van der Waals surface area contributed by atoms with Crippen LogP contribution < -0.4 is 5.32 Å². The Bertz CT molecular complexity index is 308. The highest BCUT2D eigenvalue weighted by atomic mass is 15.1. The van der Waals surface area contributed by atoms with Crippen molar-refractivity contribution in [3.63, 3.8) is 0 Å². The number of allylic oxidation sites excluding steroid dienone is 4. The van der Waals surface area contributed by atoms with Crippen molar-refractivity contribution in [2.45, 2.75) is 19.3 Å². The van der Waals surface area contributed by atoms with Gasteiger partial charge < -0.3 is 10.2 Å². The highest BCUT2D eigenvalue weighted by Crippen LogP contribution is 2.47. The van der Waals surface area contributed by atoms with E-state index in [1.165, 1.54) is 44.6 Å². The van der Waals surface area contributed by atoms with E-state index in [1.54, 1.807) is 0 Å². The van der Waals surface area contributed by atoms with Crippen molar-refractivity contribution in [3.8, 4) is 0 Å². The molecule has 1 spiro atoms. The Morgan fingerprint density at radius 1 is 1.40 bits per heavy atom. The minimum absolute atomic E-state index is 0.573. The Balaban J connectivity index is 1.82. The zero-order valence-corrected chi connectivity index (χ0v) is 9.50. The lowest BCUT2D eigenvalue weighted by atomic mass is 9.68. The zero-order valence-electron chi connectivity index (χ0n) is 9.50. The number of piperidine rings is 1. The fourth-order valence-electron chi connectivity index (χ4n) is 3.38. The van der Waals surface area contributed by atoms with Crippen molar-refractivity contribution >= 4 is 0 Å². The summed E-state index contributed by atoms with van der Waals surface area (Å²) >= 11 is 0. The molecule has 82 valence electrons. The second-order valence-electron chi connectivity index (χ2n) is 5.36. The van der Waals surface area contributed by atoms with Crippen LogP contribution >= 0.6 is 0 Å². The maximum atomic E-state index is 3.63. The molecular weight excluding hydrogens is 184 g/mol. The standard InChI is InChI=1S/C13H20N2/c1-15-8-6-13(7-9-15)10-14-12-5-3-2-4-11(12)13/h2-3,5,11,14H,4,6-10H2,1H3. The van der Waals surface area contributed by atoms with Gasteiger partial charge in [-0.2, -0.15) is 0 Å². The first kappa shape index (κ1) is 9.46. The molecule has 0 bridgehead atoms. The lowest BCUT2D eigenvalue weighted by molar-refractivity contribution is 0.102. The van der Waals surface area contributed by atoms with Gasteiger partial charge >= 0.3 is 0 Å². The van der Waals surface area contributed by atoms with E-state index in [2.05, 4.69) is 35.5 Å². The summed E-state index contributed by atoms with van der Waals surface area (Å²) in [5.41, 5.74) is 2.07. The summed E-state index contributed by atoms with van der Waals surface area (Å²) in [6, 6.07) is 0. The smallest absolute Gasteiger partial charge is 0.0208 e. The topological polar surface area (TPSA) is 15.3 Å². The van der Waals surface area contributed by atoms with Crippen LogP contribution in [0.2, 0.25) is 0 Å². The summed E-state index contributed by atoms with van der Waals surface area (Å²) in [4.78, 5) is 2.46. The van der Waals surface area contributed by atoms with E-state index < -0.39 is 0 Å². The molecule has 3 rings (SSSR count). The third kappa shape index (κ3) is 1.43. The molecule has 1 atom stereocenters. The molecule has 2 aliphatic heterocycles. The van der Waals surface area contributed by atoms with E-state index in [9.17, 15) is 0 Å². The van der Waals surface area contributed by atoms with E-state index >= 15 is 0 Å². The number of likely N-dealkylation sites (tertiary alicyclic amines) is 1. The molecular formula is C13H20N2. The molecule has 2 saturated heterocycles. The van der Waals surface area contributed by atoms with Crippen LogP contribution in [0.1, 0.15) is 19.3 Å². The number of hydrogen-bond donors (Lipinski definition) is 1. The molecule has 0 aromatic heterocycles. The molecule has 0 aromatic rings. The van der Waals surface area contributed by atoms with E-state index in [4.69, 9.17) is 0 Å². The van der Waals surface area contributed by atoms with Crippen molar-refractivity contribution in [1.29, 1.82) is 0 Å². The van der Waals surface area contributed by atoms with Gasteiger partial charge in [-0.05, 0) is 50.9 Å². The molecule has 15 heavy (non-hydrogen) atoms. The second-order valence-corrected chi connectivity index (χ2v) is 5.36. The third-order valence-electron chi connectivity index (χ3n) is 4.53. The van der Waals surface area contributed by atoms with Crippen molar-refractivity contribution in [3.05, 3.63) is 23.9 Å². The van der Waals surface area contributed by atoms with Crippen LogP contribution in [0.25, 0.3) is 0 Å². The van der Waals surface area contributed by atoms with Crippen LogP contribution in [0.4, 0.5) is 0 Å². The fraction of sp³-hybridized carbons (Fsp3) is 0.692. The van der Waals surface area contributed by atoms with Gasteiger partial charge in [0.2, 0.25) is 0 Å². The molecule has 1 aliphatic carbocycles. The highest BCUT2D eigenvalue weighted by Gasteiger charge is 2.46. The summed E-state index contributed by atoms with van der Waals surface area (Å²) in [5.74, 6) is 0.788. The zero-order chi connectivity index (χ0) is 10.3. The Morgan fingerprint density at radius 2 is 2.20 bits per heavy atom. The Labute approximate surface area is 92.0 Å². The predicted molar refractivity (Wildman–Crippen MR) is 62.5 cm³/mol. The Hall–Kier alpha value is -0.760. The van der Waals surface area contributed by atoms with Gasteiger partial charge in [0.05, 0.1) is 0 Å². The van der Waals surface area contributed by atoms with Crippen molar-refractivity contribution in [1.82, 2.24) is 10.2 Å². The molecule has 2 heterocycles. The van der Waals surface area contributed by atoms with Crippen molar-refractivity contribution in [2.24, 2.45) is 11.3 Å². The lowest BCUT2D eigenvalue weighted by Gasteiger charge is -2.41. The Kier molecular flexibility index (Phi) is 2.13. The molecule has 1 unspecified atom stereocenters. The normalized spacial score (nSPS) is 33.7. The van der Waals surface area contributed by atoms with Crippen LogP contribution in [0, 0.1) is 11.3 Å². The highest BCUT2D eigenvalue weighted by molar-refractivity contribution is 5.27. The molecule has 0 saturated carbocycles. The monoisotopic (exact) mass is 204 g/mol. The van der Waals surface area contributed by atoms with Crippen LogP contribution in [0.3, 0.4) is 0 Å². The van der Waals surface area contributed by atoms with Crippen molar-refractivity contribution in [2.75, 3.05) is 26.7 Å². The molecule has 2 heteroatoms. The minimum atomic E-state index is 0.573. The molecule has 0 aromatic carbocycles. The number of rotatable bonds is 0. The summed E-state index contributed by atoms with van der Waals surface area (Å²) < 4.78 is 0. The van der Waals surface area contributed by atoms with Crippen LogP contribution in [0.15, 0.2) is 23.9 Å². The van der Waals surface area contributed by atoms with Gasteiger partial charge in [-0.3, -0.25) is 0 Å². The van der Waals surface area contributed by atoms with Crippen molar-refractivity contribution < 1.29 is 0 Å². The number of nitrogens with zero attached hydrogens (tertiary/aromatic N) is 1. The van der Waals surface area contributed by atoms with Gasteiger partial charge in [0.1, 0.15) is 0 Å². The first-order valence-corrected chi connectivity index (χ1v) is 6.09. The maximum Gasteiger partial charge on any atom is 0.0208 e. The molecule has 0 amide bonds. The average Bonchev–Trinajstić information content (AvgIpc) is 2.63. The quantitative estimate of drug-likeness (QED) is 0.647. The van der Waals surface area contributed by atoms with Gasteiger partial charge in [-0.25, -0.2) is 0 Å². The first-order valence-electron chi connectivity index (χ1n) is 6.09. The summed E-state index contributed by atoms with van der Waals surface area (Å²) in [6.45, 7) is 3.75. The van der Waals surface area contributed by atoms with E-state index in [1.807, 2.05) is 0 Å². The van der Waals surface area contributed by atoms with Crippen LogP contribution in [0.5, 0.6) is 0 Å². The number of fused-ring (bicyclic) bond motifs is 2. The third-order valence-corrected chi connectivity index (χ3v) is 4.53. The van der Waals surface area contributed by atoms with Crippen LogP contribution in [-0.4, -0.2) is 31.6 Å². The van der Waals surface area contributed by atoms with Crippen LogP contribution in [-0.2, 0) is 0 Å². The van der Waals surface area contributed by atoms with Gasteiger partial charge in [0.15, 0.2) is 0 Å². The van der Waals surface area contributed by atoms with Gasteiger partial charge in [-0.1, -0.05) is 12.2 Å². The molecule has 2 fully saturated rings. The summed E-state index contributed by atoms with van der Waals surface area (Å²) in [7, 11) is 2.24. The molecule has 3 aliphatic rings. The van der Waals surface area contributed by atoms with E-state index in [-0.39, 0.29) is 0 Å². The van der Waals surface area contributed by atoms with E-state index in [0.717, 1.165) is 5.92 Å². The number of nitrogens with one attached hydrogen (secondary N) is 1. The largest absolute Gasteiger partial charge is 0.388 e. The van der Waals surface area contributed by atoms with Gasteiger partial charge in [0.25, 0.3) is 0 Å².